The van der Waals surface area contributed by atoms with Gasteiger partial charge in [0, 0.05) is 6.04 Å². The van der Waals surface area contributed by atoms with Crippen molar-refractivity contribution in [3.63, 3.8) is 0 Å². The summed E-state index contributed by atoms with van der Waals surface area (Å²) in [5, 5.41) is 3.38. The van der Waals surface area contributed by atoms with Gasteiger partial charge in [0.2, 0.25) is 0 Å². The molecule has 0 saturated heterocycles. The van der Waals surface area contributed by atoms with Crippen molar-refractivity contribution < 1.29 is 9.53 Å². The molecule has 2 fully saturated rings. The second-order valence-corrected chi connectivity index (χ2v) is 6.68. The molecule has 2 rings (SSSR count). The van der Waals surface area contributed by atoms with E-state index in [4.69, 9.17) is 4.74 Å². The summed E-state index contributed by atoms with van der Waals surface area (Å²) >= 11 is 2.01. The third-order valence-electron chi connectivity index (χ3n) is 3.88. The highest BCUT2D eigenvalue weighted by Crippen LogP contribution is 2.28. The fourth-order valence-corrected chi connectivity index (χ4v) is 3.81. The molecule has 0 aromatic heterocycles. The minimum Gasteiger partial charge on any atom is -0.468 e. The summed E-state index contributed by atoms with van der Waals surface area (Å²) in [5.41, 5.74) is 0. The molecule has 3 nitrogen and oxygen atoms in total. The summed E-state index contributed by atoms with van der Waals surface area (Å²) in [6.45, 7) is 0. The summed E-state index contributed by atoms with van der Waals surface area (Å²) < 4.78 is 4.86. The molecule has 0 radical (unpaired) electrons. The average molecular weight is 271 g/mol. The summed E-state index contributed by atoms with van der Waals surface area (Å²) in [5.74, 6) is 3.18. The molecule has 18 heavy (non-hydrogen) atoms. The average Bonchev–Trinajstić information content (AvgIpc) is 3.05. The fraction of sp³-hybridized carbons (Fsp3) is 0.929. The Morgan fingerprint density at radius 1 is 1.33 bits per heavy atom. The van der Waals surface area contributed by atoms with Crippen LogP contribution in [-0.2, 0) is 9.53 Å². The highest BCUT2D eigenvalue weighted by molar-refractivity contribution is 7.99. The van der Waals surface area contributed by atoms with Gasteiger partial charge in [-0.2, -0.15) is 11.8 Å². The molecule has 0 aromatic rings. The van der Waals surface area contributed by atoms with Crippen molar-refractivity contribution in [2.24, 2.45) is 5.92 Å². The smallest absolute Gasteiger partial charge is 0.322 e. The van der Waals surface area contributed by atoms with E-state index < -0.39 is 0 Å². The molecule has 0 aromatic carbocycles. The van der Waals surface area contributed by atoms with Gasteiger partial charge in [-0.3, -0.25) is 4.79 Å². The van der Waals surface area contributed by atoms with E-state index in [1.54, 1.807) is 0 Å². The summed E-state index contributed by atoms with van der Waals surface area (Å²) in [7, 11) is 1.48. The van der Waals surface area contributed by atoms with Crippen LogP contribution in [0, 0.1) is 5.92 Å². The van der Waals surface area contributed by atoms with Crippen LogP contribution in [0.5, 0.6) is 0 Å². The Morgan fingerprint density at radius 2 is 2.06 bits per heavy atom. The van der Waals surface area contributed by atoms with Crippen LogP contribution in [0.1, 0.15) is 44.9 Å². The van der Waals surface area contributed by atoms with Crippen LogP contribution in [0.2, 0.25) is 0 Å². The molecule has 2 aliphatic carbocycles. The lowest BCUT2D eigenvalue weighted by Crippen LogP contribution is -2.39. The zero-order valence-corrected chi connectivity index (χ0v) is 12.1. The van der Waals surface area contributed by atoms with Crippen molar-refractivity contribution in [3.8, 4) is 0 Å². The predicted octanol–water partition coefficient (Wildman–Crippen LogP) is 2.59. The molecule has 1 atom stereocenters. The molecule has 1 unspecified atom stereocenters. The molecule has 0 bridgehead atoms. The molecule has 0 heterocycles. The summed E-state index contributed by atoms with van der Waals surface area (Å²) in [6.07, 6.45) is 8.98. The van der Waals surface area contributed by atoms with E-state index >= 15 is 0 Å². The Balaban J connectivity index is 1.59. The van der Waals surface area contributed by atoms with Crippen LogP contribution < -0.4 is 5.32 Å². The quantitative estimate of drug-likeness (QED) is 0.544. The monoisotopic (exact) mass is 271 g/mol. The lowest BCUT2D eigenvalue weighted by atomic mass is 10.1. The predicted molar refractivity (Wildman–Crippen MR) is 75.9 cm³/mol. The van der Waals surface area contributed by atoms with Gasteiger partial charge in [0.25, 0.3) is 0 Å². The molecule has 104 valence electrons. The standard InChI is InChI=1S/C14H25NO2S/c1-17-14(16)13(15-12-6-7-12)8-9-18-10-11-4-2-3-5-11/h11-13,15H,2-10H2,1H3. The fourth-order valence-electron chi connectivity index (χ4n) is 2.57. The topological polar surface area (TPSA) is 38.3 Å². The van der Waals surface area contributed by atoms with Crippen LogP contribution in [0.15, 0.2) is 0 Å². The van der Waals surface area contributed by atoms with Gasteiger partial charge in [-0.05, 0) is 49.5 Å². The van der Waals surface area contributed by atoms with E-state index in [2.05, 4.69) is 5.32 Å². The van der Waals surface area contributed by atoms with E-state index in [0.717, 1.165) is 18.1 Å². The summed E-state index contributed by atoms with van der Waals surface area (Å²) in [6, 6.07) is 0.479. The first-order valence-electron chi connectivity index (χ1n) is 7.21. The van der Waals surface area contributed by atoms with Gasteiger partial charge in [-0.25, -0.2) is 0 Å². The Labute approximate surface area is 114 Å². The van der Waals surface area contributed by atoms with Crippen LogP contribution >= 0.6 is 11.8 Å². The molecular weight excluding hydrogens is 246 g/mol. The number of hydrogen-bond donors (Lipinski definition) is 1. The van der Waals surface area contributed by atoms with E-state index in [-0.39, 0.29) is 12.0 Å². The third-order valence-corrected chi connectivity index (χ3v) is 5.11. The number of thioether (sulfide) groups is 1. The first kappa shape index (κ1) is 14.2. The first-order valence-corrected chi connectivity index (χ1v) is 8.36. The SMILES string of the molecule is COC(=O)C(CCSCC1CCCC1)NC1CC1. The highest BCUT2D eigenvalue weighted by atomic mass is 32.2. The Kier molecular flexibility index (Phi) is 5.83. The van der Waals surface area contributed by atoms with E-state index in [9.17, 15) is 4.79 Å². The lowest BCUT2D eigenvalue weighted by Gasteiger charge is -2.16. The van der Waals surface area contributed by atoms with Crippen molar-refractivity contribution in [2.45, 2.75) is 57.0 Å². The number of hydrogen-bond acceptors (Lipinski definition) is 4. The van der Waals surface area contributed by atoms with Gasteiger partial charge in [0.05, 0.1) is 7.11 Å². The largest absolute Gasteiger partial charge is 0.468 e. The van der Waals surface area contributed by atoms with Crippen molar-refractivity contribution in [3.05, 3.63) is 0 Å². The van der Waals surface area contributed by atoms with Crippen LogP contribution in [-0.4, -0.2) is 36.7 Å². The van der Waals surface area contributed by atoms with Crippen LogP contribution in [0.25, 0.3) is 0 Å². The number of nitrogens with one attached hydrogen (secondary N) is 1. The van der Waals surface area contributed by atoms with E-state index in [1.165, 1.54) is 51.4 Å². The van der Waals surface area contributed by atoms with Crippen molar-refractivity contribution in [1.82, 2.24) is 5.32 Å². The maximum Gasteiger partial charge on any atom is 0.322 e. The Hall–Kier alpha value is -0.220. The van der Waals surface area contributed by atoms with Crippen molar-refractivity contribution in [1.29, 1.82) is 0 Å². The molecule has 2 saturated carbocycles. The third kappa shape index (κ3) is 4.81. The maximum atomic E-state index is 11.6. The lowest BCUT2D eigenvalue weighted by molar-refractivity contribution is -0.143. The normalized spacial score (nSPS) is 22.1. The summed E-state index contributed by atoms with van der Waals surface area (Å²) in [4.78, 5) is 11.6. The number of carbonyl (C=O) groups is 1. The van der Waals surface area contributed by atoms with Gasteiger partial charge in [-0.15, -0.1) is 0 Å². The molecule has 2 aliphatic rings. The second-order valence-electron chi connectivity index (χ2n) is 5.53. The zero-order chi connectivity index (χ0) is 12.8. The number of methoxy groups -OCH3 is 1. The zero-order valence-electron chi connectivity index (χ0n) is 11.3. The minimum atomic E-state index is -0.0941. The molecule has 0 spiro atoms. The van der Waals surface area contributed by atoms with Gasteiger partial charge < -0.3 is 10.1 Å². The number of carbonyl (C=O) groups excluding carboxylic acids is 1. The maximum absolute atomic E-state index is 11.6. The van der Waals surface area contributed by atoms with E-state index in [1.807, 2.05) is 11.8 Å². The van der Waals surface area contributed by atoms with Gasteiger partial charge in [-0.1, -0.05) is 12.8 Å². The number of esters is 1. The number of ether oxygens (including phenoxy) is 1. The van der Waals surface area contributed by atoms with Crippen LogP contribution in [0.4, 0.5) is 0 Å². The van der Waals surface area contributed by atoms with E-state index in [0.29, 0.717) is 6.04 Å². The first-order chi connectivity index (χ1) is 8.79. The van der Waals surface area contributed by atoms with Gasteiger partial charge >= 0.3 is 5.97 Å². The van der Waals surface area contributed by atoms with Gasteiger partial charge in [0.1, 0.15) is 6.04 Å². The molecule has 0 amide bonds. The molecule has 4 heteroatoms. The Bertz CT molecular complexity index is 263. The minimum absolute atomic E-state index is 0.0846. The number of rotatable bonds is 8. The Morgan fingerprint density at radius 3 is 2.67 bits per heavy atom. The molecule has 0 aliphatic heterocycles. The van der Waals surface area contributed by atoms with Crippen molar-refractivity contribution in [2.75, 3.05) is 18.6 Å². The molecular formula is C14H25NO2S. The van der Waals surface area contributed by atoms with Crippen LogP contribution in [0.3, 0.4) is 0 Å². The van der Waals surface area contributed by atoms with Crippen molar-refractivity contribution >= 4 is 17.7 Å². The molecule has 1 N–H and O–H groups in total. The second kappa shape index (κ2) is 7.39. The van der Waals surface area contributed by atoms with Gasteiger partial charge in [0.15, 0.2) is 0 Å². The highest BCUT2D eigenvalue weighted by Gasteiger charge is 2.28.